The van der Waals surface area contributed by atoms with Crippen molar-refractivity contribution in [3.8, 4) is 0 Å². The second-order valence-corrected chi connectivity index (χ2v) is 7.86. The van der Waals surface area contributed by atoms with Gasteiger partial charge in [-0.25, -0.2) is 14.2 Å². The van der Waals surface area contributed by atoms with Crippen molar-refractivity contribution in [2.45, 2.75) is 32.2 Å². The lowest BCUT2D eigenvalue weighted by Crippen LogP contribution is -2.38. The minimum absolute atomic E-state index is 0.112. The third kappa shape index (κ3) is 5.16. The number of ether oxygens (including phenoxy) is 2. The van der Waals surface area contributed by atoms with Crippen molar-refractivity contribution >= 4 is 28.8 Å². The average Bonchev–Trinajstić information content (AvgIpc) is 3.17. The monoisotopic (exact) mass is 447 g/mol. The van der Waals surface area contributed by atoms with E-state index in [1.807, 2.05) is 17.2 Å². The fraction of sp³-hybridized carbons (Fsp3) is 0.409. The molecular weight excluding hydrogens is 421 g/mol. The average molecular weight is 448 g/mol. The zero-order chi connectivity index (χ0) is 22.4. The number of methoxy groups -OCH3 is 2. The summed E-state index contributed by atoms with van der Waals surface area (Å²) in [5.74, 6) is -1.07. The molecule has 0 radical (unpaired) electrons. The summed E-state index contributed by atoms with van der Waals surface area (Å²) in [6.45, 7) is 2.98. The van der Waals surface area contributed by atoms with Crippen LogP contribution in [-0.4, -0.2) is 49.3 Å². The predicted molar refractivity (Wildman–Crippen MR) is 118 cm³/mol. The molecule has 0 aliphatic carbocycles. The molecule has 1 N–H and O–H groups in total. The van der Waals surface area contributed by atoms with Gasteiger partial charge >= 0.3 is 5.97 Å². The maximum absolute atomic E-state index is 14.1. The summed E-state index contributed by atoms with van der Waals surface area (Å²) in [4.78, 5) is 31.7. The highest BCUT2D eigenvalue weighted by atomic mass is 32.2. The standard InChI is InChI=1S/C22H26FN3O4S/c1-4-17-19(21(28)30-3)20(14-7-5-8-15(23)11-14)26-16(13-31-22(26)25-17)12-18(27)24-9-6-10-29-2/h5,7-8,11,13,20H,4,6,9-10,12H2,1-3H3,(H,24,27). The summed E-state index contributed by atoms with van der Waals surface area (Å²) < 4.78 is 24.1. The molecule has 1 atom stereocenters. The summed E-state index contributed by atoms with van der Waals surface area (Å²) >= 11 is 1.39. The van der Waals surface area contributed by atoms with Gasteiger partial charge in [-0.15, -0.1) is 0 Å². The molecule has 1 unspecified atom stereocenters. The van der Waals surface area contributed by atoms with E-state index in [4.69, 9.17) is 9.47 Å². The first-order valence-electron chi connectivity index (χ1n) is 10.1. The van der Waals surface area contributed by atoms with E-state index in [2.05, 4.69) is 10.3 Å². The number of rotatable bonds is 9. The molecule has 2 aliphatic rings. The molecule has 7 nitrogen and oxygen atoms in total. The van der Waals surface area contributed by atoms with E-state index >= 15 is 0 Å². The van der Waals surface area contributed by atoms with Gasteiger partial charge in [0.2, 0.25) is 5.91 Å². The number of amides is 1. The molecule has 0 aromatic heterocycles. The first kappa shape index (κ1) is 23.0. The summed E-state index contributed by atoms with van der Waals surface area (Å²) in [6.07, 6.45) is 1.34. The fourth-order valence-corrected chi connectivity index (χ4v) is 4.51. The Labute approximate surface area is 185 Å². The zero-order valence-electron chi connectivity index (χ0n) is 17.8. The number of thioether (sulfide) groups is 1. The Morgan fingerprint density at radius 1 is 1.32 bits per heavy atom. The van der Waals surface area contributed by atoms with E-state index in [0.29, 0.717) is 53.7 Å². The molecule has 9 heteroatoms. The van der Waals surface area contributed by atoms with E-state index in [1.54, 1.807) is 19.2 Å². The minimum Gasteiger partial charge on any atom is -0.466 e. The van der Waals surface area contributed by atoms with Crippen molar-refractivity contribution in [1.82, 2.24) is 10.2 Å². The van der Waals surface area contributed by atoms with Crippen LogP contribution in [0.4, 0.5) is 4.39 Å². The summed E-state index contributed by atoms with van der Waals surface area (Å²) in [6, 6.07) is 5.49. The summed E-state index contributed by atoms with van der Waals surface area (Å²) in [5.41, 5.74) is 2.23. The number of fused-ring (bicyclic) bond motifs is 1. The van der Waals surface area contributed by atoms with Gasteiger partial charge in [-0.2, -0.15) is 0 Å². The van der Waals surface area contributed by atoms with Crippen molar-refractivity contribution in [2.75, 3.05) is 27.4 Å². The summed E-state index contributed by atoms with van der Waals surface area (Å²) in [7, 11) is 2.93. The molecule has 0 saturated heterocycles. The number of benzene rings is 1. The Morgan fingerprint density at radius 2 is 2.13 bits per heavy atom. The Hall–Kier alpha value is -2.65. The van der Waals surface area contributed by atoms with Crippen LogP contribution < -0.4 is 5.32 Å². The third-order valence-corrected chi connectivity index (χ3v) is 5.87. The number of hydrogen-bond donors (Lipinski definition) is 1. The number of halogens is 1. The number of carbonyl (C=O) groups is 2. The molecule has 1 aromatic rings. The van der Waals surface area contributed by atoms with Crippen molar-refractivity contribution in [3.63, 3.8) is 0 Å². The first-order valence-corrected chi connectivity index (χ1v) is 10.9. The van der Waals surface area contributed by atoms with Crippen LogP contribution in [0.1, 0.15) is 37.8 Å². The molecule has 0 saturated carbocycles. The van der Waals surface area contributed by atoms with E-state index in [9.17, 15) is 14.0 Å². The van der Waals surface area contributed by atoms with Crippen molar-refractivity contribution < 1.29 is 23.5 Å². The van der Waals surface area contributed by atoms with Crippen LogP contribution in [0.5, 0.6) is 0 Å². The van der Waals surface area contributed by atoms with Gasteiger partial charge in [0.05, 0.1) is 30.8 Å². The number of allylic oxidation sites excluding steroid dienone is 1. The lowest BCUT2D eigenvalue weighted by molar-refractivity contribution is -0.136. The second kappa shape index (κ2) is 10.6. The Kier molecular flexibility index (Phi) is 7.86. The van der Waals surface area contributed by atoms with Gasteiger partial charge in [-0.1, -0.05) is 30.8 Å². The van der Waals surface area contributed by atoms with E-state index in [1.165, 1.54) is 31.0 Å². The van der Waals surface area contributed by atoms with Crippen LogP contribution in [0.2, 0.25) is 0 Å². The SMILES string of the molecule is CCC1=C(C(=O)OC)C(c2cccc(F)c2)N2C(CC(=O)NCCCOC)=CSC2=N1. The fourth-order valence-electron chi connectivity index (χ4n) is 3.58. The van der Waals surface area contributed by atoms with E-state index in [0.717, 1.165) is 0 Å². The number of carbonyl (C=O) groups excluding carboxylic acids is 2. The van der Waals surface area contributed by atoms with Crippen LogP contribution in [0.25, 0.3) is 0 Å². The largest absolute Gasteiger partial charge is 0.466 e. The molecule has 3 rings (SSSR count). The van der Waals surface area contributed by atoms with E-state index in [-0.39, 0.29) is 12.3 Å². The topological polar surface area (TPSA) is 80.2 Å². The van der Waals surface area contributed by atoms with Gasteiger partial charge in [0, 0.05) is 26.0 Å². The smallest absolute Gasteiger partial charge is 0.338 e. The molecule has 2 aliphatic heterocycles. The Balaban J connectivity index is 1.94. The molecule has 1 aromatic carbocycles. The van der Waals surface area contributed by atoms with Crippen LogP contribution in [0, 0.1) is 5.82 Å². The quantitative estimate of drug-likeness (QED) is 0.461. The molecule has 0 spiro atoms. The summed E-state index contributed by atoms with van der Waals surface area (Å²) in [5, 5.41) is 5.38. The highest BCUT2D eigenvalue weighted by Crippen LogP contribution is 2.45. The number of amidine groups is 1. The van der Waals surface area contributed by atoms with Crippen molar-refractivity contribution in [1.29, 1.82) is 0 Å². The van der Waals surface area contributed by atoms with Crippen LogP contribution in [0.15, 0.2) is 51.6 Å². The van der Waals surface area contributed by atoms with Crippen molar-refractivity contribution in [2.24, 2.45) is 4.99 Å². The maximum atomic E-state index is 14.1. The Morgan fingerprint density at radius 3 is 2.81 bits per heavy atom. The molecule has 31 heavy (non-hydrogen) atoms. The zero-order valence-corrected chi connectivity index (χ0v) is 18.6. The predicted octanol–water partition coefficient (Wildman–Crippen LogP) is 3.51. The van der Waals surface area contributed by atoms with Gasteiger partial charge in [0.25, 0.3) is 0 Å². The van der Waals surface area contributed by atoms with Gasteiger partial charge in [-0.3, -0.25) is 4.79 Å². The molecular formula is C22H26FN3O4S. The molecule has 0 bridgehead atoms. The van der Waals surface area contributed by atoms with Crippen LogP contribution in [0.3, 0.4) is 0 Å². The van der Waals surface area contributed by atoms with Crippen LogP contribution in [-0.2, 0) is 19.1 Å². The third-order valence-electron chi connectivity index (χ3n) is 4.98. The second-order valence-electron chi connectivity index (χ2n) is 7.03. The lowest BCUT2D eigenvalue weighted by atomic mass is 9.93. The van der Waals surface area contributed by atoms with Gasteiger partial charge in [0.1, 0.15) is 5.82 Å². The highest BCUT2D eigenvalue weighted by molar-refractivity contribution is 8.16. The van der Waals surface area contributed by atoms with Gasteiger partial charge in [0.15, 0.2) is 5.17 Å². The highest BCUT2D eigenvalue weighted by Gasteiger charge is 2.41. The molecule has 1 amide bonds. The number of nitrogens with zero attached hydrogens (tertiary/aromatic N) is 2. The normalized spacial score (nSPS) is 17.8. The molecule has 166 valence electrons. The van der Waals surface area contributed by atoms with Gasteiger partial charge < -0.3 is 19.7 Å². The van der Waals surface area contributed by atoms with Crippen LogP contribution >= 0.6 is 11.8 Å². The lowest BCUT2D eigenvalue weighted by Gasteiger charge is -2.36. The maximum Gasteiger partial charge on any atom is 0.338 e. The molecule has 2 heterocycles. The molecule has 0 fully saturated rings. The minimum atomic E-state index is -0.631. The Bertz CT molecular complexity index is 944. The van der Waals surface area contributed by atoms with Crippen molar-refractivity contribution in [3.05, 3.63) is 58.0 Å². The van der Waals surface area contributed by atoms with Gasteiger partial charge in [-0.05, 0) is 35.9 Å². The number of nitrogens with one attached hydrogen (secondary N) is 1. The first-order chi connectivity index (χ1) is 15.0. The van der Waals surface area contributed by atoms with E-state index < -0.39 is 17.8 Å². The number of hydrogen-bond acceptors (Lipinski definition) is 7. The number of aliphatic imine (C=N–C) groups is 1. The number of esters is 1.